The number of carbonyl (C=O) groups excluding carboxylic acids is 2. The highest BCUT2D eigenvalue weighted by Crippen LogP contribution is 2.62. The van der Waals surface area contributed by atoms with E-state index in [4.69, 9.17) is 4.74 Å². The smallest absolute Gasteiger partial charge is 0.159 e. The van der Waals surface area contributed by atoms with Crippen molar-refractivity contribution in [1.29, 1.82) is 0 Å². The van der Waals surface area contributed by atoms with Crippen molar-refractivity contribution in [3.63, 3.8) is 0 Å². The molecule has 0 saturated heterocycles. The highest BCUT2D eigenvalue weighted by Gasteiger charge is 2.60. The molecular formula is C20H26O3. The lowest BCUT2D eigenvalue weighted by Crippen LogP contribution is -2.52. The Morgan fingerprint density at radius 3 is 2.48 bits per heavy atom. The third-order valence-electron chi connectivity index (χ3n) is 7.55. The van der Waals surface area contributed by atoms with Gasteiger partial charge in [0.2, 0.25) is 0 Å². The van der Waals surface area contributed by atoms with Gasteiger partial charge in [-0.15, -0.1) is 0 Å². The van der Waals surface area contributed by atoms with Crippen LogP contribution in [-0.4, -0.2) is 18.7 Å². The Kier molecular flexibility index (Phi) is 3.17. The Bertz CT molecular complexity index is 643. The fourth-order valence-corrected chi connectivity index (χ4v) is 5.98. The first-order chi connectivity index (χ1) is 10.9. The predicted molar refractivity (Wildman–Crippen MR) is 87.6 cm³/mol. The molecule has 0 amide bonds. The van der Waals surface area contributed by atoms with Gasteiger partial charge < -0.3 is 4.74 Å². The first kappa shape index (κ1) is 15.2. The Morgan fingerprint density at radius 1 is 1.00 bits per heavy atom. The standard InChI is InChI=1S/C20H26O3/c1-19-8-6-13(23-3)10-12(19)11-16(21)18-14-4-5-17(22)20(14,2)9-7-15(18)19/h10-11,14-15,18H,4-9H2,1-3H3/t14-,15-,18-,19-,20-/m0/s1. The molecule has 0 bridgehead atoms. The van der Waals surface area contributed by atoms with Crippen molar-refractivity contribution < 1.29 is 14.3 Å². The molecule has 0 aliphatic heterocycles. The summed E-state index contributed by atoms with van der Waals surface area (Å²) < 4.78 is 5.42. The summed E-state index contributed by atoms with van der Waals surface area (Å²) in [7, 11) is 1.71. The summed E-state index contributed by atoms with van der Waals surface area (Å²) in [5.41, 5.74) is 0.966. The molecule has 0 radical (unpaired) electrons. The number of Topliss-reactive ketones (excluding diaryl/α,β-unsaturated/α-hetero) is 1. The van der Waals surface area contributed by atoms with Crippen LogP contribution in [0.1, 0.15) is 52.4 Å². The maximum atomic E-state index is 13.0. The molecular weight excluding hydrogens is 288 g/mol. The zero-order valence-electron chi connectivity index (χ0n) is 14.4. The first-order valence-electron chi connectivity index (χ1n) is 8.94. The summed E-state index contributed by atoms with van der Waals surface area (Å²) in [6.45, 7) is 4.44. The summed E-state index contributed by atoms with van der Waals surface area (Å²) in [4.78, 5) is 25.4. The molecule has 2 saturated carbocycles. The van der Waals surface area contributed by atoms with Gasteiger partial charge in [-0.25, -0.2) is 0 Å². The minimum absolute atomic E-state index is 0.0476. The molecule has 0 aromatic rings. The number of allylic oxidation sites excluding steroid dienone is 4. The van der Waals surface area contributed by atoms with Gasteiger partial charge in [-0.2, -0.15) is 0 Å². The number of ether oxygens (including phenoxy) is 1. The van der Waals surface area contributed by atoms with Crippen LogP contribution in [0.15, 0.2) is 23.5 Å². The molecule has 3 nitrogen and oxygen atoms in total. The third kappa shape index (κ3) is 1.88. The fraction of sp³-hybridized carbons (Fsp3) is 0.700. The average Bonchev–Trinajstić information content (AvgIpc) is 2.83. The van der Waals surface area contributed by atoms with Gasteiger partial charge in [0.15, 0.2) is 5.78 Å². The SMILES string of the molecule is COC1=CC2=CC(=O)[C@@H]3[C@H](CC[C@]4(C)C(=O)CC[C@@H]34)[C@@]2(C)CC1. The van der Waals surface area contributed by atoms with Crippen LogP contribution in [-0.2, 0) is 14.3 Å². The van der Waals surface area contributed by atoms with E-state index in [1.165, 1.54) is 0 Å². The van der Waals surface area contributed by atoms with Gasteiger partial charge in [0.05, 0.1) is 12.9 Å². The zero-order valence-corrected chi connectivity index (χ0v) is 14.4. The molecule has 5 atom stereocenters. The molecule has 0 heterocycles. The predicted octanol–water partition coefficient (Wildman–Crippen LogP) is 3.84. The van der Waals surface area contributed by atoms with Crippen molar-refractivity contribution in [3.05, 3.63) is 23.5 Å². The summed E-state index contributed by atoms with van der Waals surface area (Å²) in [5.74, 6) is 2.31. The van der Waals surface area contributed by atoms with Gasteiger partial charge in [0, 0.05) is 24.2 Å². The Hall–Kier alpha value is -1.38. The maximum absolute atomic E-state index is 13.0. The highest BCUT2D eigenvalue weighted by molar-refractivity contribution is 5.97. The molecule has 2 fully saturated rings. The number of fused-ring (bicyclic) bond motifs is 5. The lowest BCUT2D eigenvalue weighted by atomic mass is 9.48. The van der Waals surface area contributed by atoms with E-state index in [1.54, 1.807) is 7.11 Å². The van der Waals surface area contributed by atoms with E-state index in [2.05, 4.69) is 19.9 Å². The van der Waals surface area contributed by atoms with Gasteiger partial charge in [0.1, 0.15) is 5.78 Å². The van der Waals surface area contributed by atoms with Gasteiger partial charge in [-0.05, 0) is 60.7 Å². The number of methoxy groups -OCH3 is 1. The van der Waals surface area contributed by atoms with Crippen LogP contribution in [0.2, 0.25) is 0 Å². The van der Waals surface area contributed by atoms with E-state index in [0.717, 1.165) is 43.4 Å². The number of ketones is 2. The minimum atomic E-state index is -0.249. The van der Waals surface area contributed by atoms with Crippen molar-refractivity contribution in [2.24, 2.45) is 28.6 Å². The molecule has 4 rings (SSSR count). The Balaban J connectivity index is 1.78. The monoisotopic (exact) mass is 314 g/mol. The van der Waals surface area contributed by atoms with E-state index in [0.29, 0.717) is 18.1 Å². The zero-order chi connectivity index (χ0) is 16.4. The molecule has 3 heteroatoms. The molecule has 0 N–H and O–H groups in total. The average molecular weight is 314 g/mol. The molecule has 0 aromatic heterocycles. The van der Waals surface area contributed by atoms with Crippen molar-refractivity contribution in [2.75, 3.05) is 7.11 Å². The quantitative estimate of drug-likeness (QED) is 0.738. The number of carbonyl (C=O) groups is 2. The molecule has 124 valence electrons. The molecule has 0 aromatic carbocycles. The second-order valence-corrected chi connectivity index (χ2v) is 8.39. The number of hydrogen-bond donors (Lipinski definition) is 0. The van der Waals surface area contributed by atoms with Crippen molar-refractivity contribution in [3.8, 4) is 0 Å². The Labute approximate surface area is 138 Å². The highest BCUT2D eigenvalue weighted by atomic mass is 16.5. The largest absolute Gasteiger partial charge is 0.501 e. The number of hydrogen-bond acceptors (Lipinski definition) is 3. The molecule has 4 aliphatic rings. The van der Waals surface area contributed by atoms with Crippen molar-refractivity contribution in [1.82, 2.24) is 0 Å². The van der Waals surface area contributed by atoms with Crippen LogP contribution in [0.5, 0.6) is 0 Å². The van der Waals surface area contributed by atoms with Crippen LogP contribution in [0.25, 0.3) is 0 Å². The lowest BCUT2D eigenvalue weighted by molar-refractivity contribution is -0.138. The number of rotatable bonds is 1. The fourth-order valence-electron chi connectivity index (χ4n) is 5.98. The van der Waals surface area contributed by atoms with Crippen molar-refractivity contribution in [2.45, 2.75) is 52.4 Å². The van der Waals surface area contributed by atoms with Crippen LogP contribution in [0, 0.1) is 28.6 Å². The summed E-state index contributed by atoms with van der Waals surface area (Å²) in [6, 6.07) is 0. The summed E-state index contributed by atoms with van der Waals surface area (Å²) in [5, 5.41) is 0. The Morgan fingerprint density at radius 2 is 1.74 bits per heavy atom. The second kappa shape index (κ2) is 4.81. The molecule has 4 aliphatic carbocycles. The lowest BCUT2D eigenvalue weighted by Gasteiger charge is -2.54. The van der Waals surface area contributed by atoms with Gasteiger partial charge in [0.25, 0.3) is 0 Å². The van der Waals surface area contributed by atoms with E-state index in [1.807, 2.05) is 6.08 Å². The van der Waals surface area contributed by atoms with Gasteiger partial charge >= 0.3 is 0 Å². The molecule has 0 spiro atoms. The molecule has 0 unspecified atom stereocenters. The van der Waals surface area contributed by atoms with E-state index >= 15 is 0 Å². The normalized spacial score (nSPS) is 45.6. The summed E-state index contributed by atoms with van der Waals surface area (Å²) in [6.07, 6.45) is 9.47. The third-order valence-corrected chi connectivity index (χ3v) is 7.55. The maximum Gasteiger partial charge on any atom is 0.159 e. The van der Waals surface area contributed by atoms with E-state index in [-0.39, 0.29) is 28.4 Å². The van der Waals surface area contributed by atoms with Crippen molar-refractivity contribution >= 4 is 11.6 Å². The van der Waals surface area contributed by atoms with E-state index in [9.17, 15) is 9.59 Å². The van der Waals surface area contributed by atoms with Gasteiger partial charge in [-0.1, -0.05) is 13.8 Å². The van der Waals surface area contributed by atoms with Gasteiger partial charge in [-0.3, -0.25) is 9.59 Å². The van der Waals surface area contributed by atoms with E-state index < -0.39 is 0 Å². The summed E-state index contributed by atoms with van der Waals surface area (Å²) >= 11 is 0. The molecule has 23 heavy (non-hydrogen) atoms. The topological polar surface area (TPSA) is 43.4 Å². The van der Waals surface area contributed by atoms with Crippen LogP contribution < -0.4 is 0 Å². The first-order valence-corrected chi connectivity index (χ1v) is 8.94. The van der Waals surface area contributed by atoms with Crippen LogP contribution in [0.3, 0.4) is 0 Å². The van der Waals surface area contributed by atoms with Crippen LogP contribution >= 0.6 is 0 Å². The van der Waals surface area contributed by atoms with Crippen LogP contribution in [0.4, 0.5) is 0 Å². The second-order valence-electron chi connectivity index (χ2n) is 8.39. The minimum Gasteiger partial charge on any atom is -0.501 e.